The molecule has 0 saturated carbocycles. The van der Waals surface area contributed by atoms with Crippen LogP contribution in [0.5, 0.6) is 0 Å². The van der Waals surface area contributed by atoms with E-state index in [0.717, 1.165) is 28.1 Å². The lowest BCUT2D eigenvalue weighted by atomic mass is 10.1. The number of rotatable bonds is 6. The molecule has 26 heavy (non-hydrogen) atoms. The highest BCUT2D eigenvalue weighted by molar-refractivity contribution is 7.92. The summed E-state index contributed by atoms with van der Waals surface area (Å²) >= 11 is 5.93. The third-order valence-electron chi connectivity index (χ3n) is 4.13. The number of nitrogens with zero attached hydrogens (tertiary/aromatic N) is 1. The molecular formula is C19H23ClN2O3S. The minimum atomic E-state index is -3.64. The van der Waals surface area contributed by atoms with Gasteiger partial charge >= 0.3 is 0 Å². The minimum Gasteiger partial charge on any atom is -0.324 e. The Labute approximate surface area is 160 Å². The van der Waals surface area contributed by atoms with Gasteiger partial charge in [-0.25, -0.2) is 8.42 Å². The fraction of sp³-hybridized carbons (Fsp3) is 0.316. The Hall–Kier alpha value is -2.05. The second kappa shape index (κ2) is 8.10. The molecule has 0 aliphatic carbocycles. The predicted molar refractivity (Wildman–Crippen MR) is 107 cm³/mol. The molecule has 0 unspecified atom stereocenters. The number of halogens is 1. The number of benzene rings is 2. The van der Waals surface area contributed by atoms with Gasteiger partial charge in [0, 0.05) is 10.7 Å². The number of hydrogen-bond donors (Lipinski definition) is 1. The van der Waals surface area contributed by atoms with Crippen LogP contribution >= 0.6 is 11.6 Å². The third-order valence-corrected chi connectivity index (χ3v) is 5.61. The number of nitrogens with one attached hydrogen (secondary N) is 1. The molecule has 2 aromatic carbocycles. The molecule has 0 aliphatic rings. The summed E-state index contributed by atoms with van der Waals surface area (Å²) in [7, 11) is -3.64. The molecule has 0 saturated heterocycles. The lowest BCUT2D eigenvalue weighted by molar-refractivity contribution is -0.116. The lowest BCUT2D eigenvalue weighted by Gasteiger charge is -2.28. The molecule has 0 aromatic heterocycles. The second-order valence-corrected chi connectivity index (χ2v) is 8.50. The van der Waals surface area contributed by atoms with Crippen LogP contribution in [0.2, 0.25) is 5.02 Å². The number of carbonyl (C=O) groups excluding carboxylic acids is 1. The van der Waals surface area contributed by atoms with Gasteiger partial charge in [0.15, 0.2) is 0 Å². The Bertz CT molecular complexity index is 896. The van der Waals surface area contributed by atoms with Crippen molar-refractivity contribution in [2.24, 2.45) is 0 Å². The molecule has 7 heteroatoms. The normalized spacial score (nSPS) is 12.5. The predicted octanol–water partition coefficient (Wildman–Crippen LogP) is 4.00. The highest BCUT2D eigenvalue weighted by Crippen LogP contribution is 2.24. The number of carbonyl (C=O) groups is 1. The summed E-state index contributed by atoms with van der Waals surface area (Å²) in [5, 5.41) is 3.35. The smallest absolute Gasteiger partial charge is 0.248 e. The van der Waals surface area contributed by atoms with E-state index in [1.165, 1.54) is 0 Å². The van der Waals surface area contributed by atoms with Crippen molar-refractivity contribution < 1.29 is 13.2 Å². The zero-order valence-electron chi connectivity index (χ0n) is 15.3. The molecule has 1 amide bonds. The van der Waals surface area contributed by atoms with Crippen molar-refractivity contribution in [2.75, 3.05) is 15.9 Å². The van der Waals surface area contributed by atoms with Crippen molar-refractivity contribution in [3.05, 3.63) is 58.6 Å². The number of sulfonamides is 1. The van der Waals surface area contributed by atoms with E-state index in [9.17, 15) is 13.2 Å². The topological polar surface area (TPSA) is 66.5 Å². The van der Waals surface area contributed by atoms with Gasteiger partial charge in [-0.05, 0) is 61.7 Å². The first-order chi connectivity index (χ1) is 12.1. The average Bonchev–Trinajstić information content (AvgIpc) is 2.56. The molecule has 1 N–H and O–H groups in total. The van der Waals surface area contributed by atoms with Crippen molar-refractivity contribution in [1.29, 1.82) is 0 Å². The molecule has 0 fully saturated rings. The first kappa shape index (κ1) is 20.3. The van der Waals surface area contributed by atoms with Crippen LogP contribution in [-0.2, 0) is 21.2 Å². The van der Waals surface area contributed by atoms with E-state index in [0.29, 0.717) is 16.4 Å². The fourth-order valence-corrected chi connectivity index (χ4v) is 4.09. The summed E-state index contributed by atoms with van der Waals surface area (Å²) in [6.45, 7) is 5.41. The van der Waals surface area contributed by atoms with Crippen molar-refractivity contribution in [1.82, 2.24) is 0 Å². The van der Waals surface area contributed by atoms with Gasteiger partial charge < -0.3 is 5.32 Å². The lowest BCUT2D eigenvalue weighted by Crippen LogP contribution is -2.45. The van der Waals surface area contributed by atoms with Crippen LogP contribution in [0.3, 0.4) is 0 Å². The number of aryl methyl sites for hydroxylation is 2. The zero-order valence-corrected chi connectivity index (χ0v) is 16.9. The molecule has 2 aromatic rings. The standard InChI is InChI=1S/C19H23ClN2O3S/c1-5-15-6-9-17(10-7-15)22(26(4,24)25)14(3)19(23)21-18-11-8-16(20)12-13(18)2/h6-12,14H,5H2,1-4H3,(H,21,23)/t14-/m0/s1. The number of anilines is 2. The average molecular weight is 395 g/mol. The van der Waals surface area contributed by atoms with Crippen molar-refractivity contribution >= 4 is 38.9 Å². The Morgan fingerprint density at radius 3 is 2.31 bits per heavy atom. The molecule has 2 rings (SSSR count). The molecule has 140 valence electrons. The van der Waals surface area contributed by atoms with Crippen molar-refractivity contribution in [3.63, 3.8) is 0 Å². The maximum atomic E-state index is 12.7. The van der Waals surface area contributed by atoms with E-state index >= 15 is 0 Å². The molecule has 5 nitrogen and oxygen atoms in total. The van der Waals surface area contributed by atoms with Crippen LogP contribution in [-0.4, -0.2) is 26.6 Å². The largest absolute Gasteiger partial charge is 0.324 e. The Balaban J connectivity index is 2.30. The van der Waals surface area contributed by atoms with Crippen LogP contribution < -0.4 is 9.62 Å². The summed E-state index contributed by atoms with van der Waals surface area (Å²) < 4.78 is 25.8. The van der Waals surface area contributed by atoms with Gasteiger partial charge in [0.05, 0.1) is 11.9 Å². The van der Waals surface area contributed by atoms with Gasteiger partial charge in [-0.3, -0.25) is 9.10 Å². The van der Waals surface area contributed by atoms with Gasteiger partial charge in [-0.1, -0.05) is 30.7 Å². The SMILES string of the molecule is CCc1ccc(N([C@@H](C)C(=O)Nc2ccc(Cl)cc2C)S(C)(=O)=O)cc1. The fourth-order valence-electron chi connectivity index (χ4n) is 2.69. The molecule has 0 spiro atoms. The van der Waals surface area contributed by atoms with E-state index in [2.05, 4.69) is 5.32 Å². The van der Waals surface area contributed by atoms with Gasteiger partial charge in [0.1, 0.15) is 6.04 Å². The first-order valence-electron chi connectivity index (χ1n) is 8.29. The van der Waals surface area contributed by atoms with Crippen molar-refractivity contribution in [3.8, 4) is 0 Å². The molecule has 0 aliphatic heterocycles. The molecule has 0 radical (unpaired) electrons. The summed E-state index contributed by atoms with van der Waals surface area (Å²) in [5.74, 6) is -0.416. The number of amides is 1. The summed E-state index contributed by atoms with van der Waals surface area (Å²) in [4.78, 5) is 12.7. The Morgan fingerprint density at radius 1 is 1.19 bits per heavy atom. The quantitative estimate of drug-likeness (QED) is 0.805. The van der Waals surface area contributed by atoms with Crippen LogP contribution in [0.4, 0.5) is 11.4 Å². The van der Waals surface area contributed by atoms with Crippen LogP contribution in [0.15, 0.2) is 42.5 Å². The second-order valence-electron chi connectivity index (χ2n) is 6.20. The van der Waals surface area contributed by atoms with Gasteiger partial charge in [0.2, 0.25) is 15.9 Å². The first-order valence-corrected chi connectivity index (χ1v) is 10.5. The highest BCUT2D eigenvalue weighted by Gasteiger charge is 2.29. The Morgan fingerprint density at radius 2 is 1.81 bits per heavy atom. The van der Waals surface area contributed by atoms with Gasteiger partial charge in [-0.15, -0.1) is 0 Å². The van der Waals surface area contributed by atoms with E-state index in [1.807, 2.05) is 26.0 Å². The molecule has 1 atom stereocenters. The maximum Gasteiger partial charge on any atom is 0.248 e. The monoisotopic (exact) mass is 394 g/mol. The third kappa shape index (κ3) is 4.77. The summed E-state index contributed by atoms with van der Waals surface area (Å²) in [6.07, 6.45) is 1.95. The van der Waals surface area contributed by atoms with Crippen molar-refractivity contribution in [2.45, 2.75) is 33.2 Å². The zero-order chi connectivity index (χ0) is 19.5. The summed E-state index contributed by atoms with van der Waals surface area (Å²) in [6, 6.07) is 11.4. The van der Waals surface area contributed by atoms with E-state index in [4.69, 9.17) is 11.6 Å². The number of hydrogen-bond acceptors (Lipinski definition) is 3. The highest BCUT2D eigenvalue weighted by atomic mass is 35.5. The van der Waals surface area contributed by atoms with Crippen LogP contribution in [0, 0.1) is 6.92 Å². The van der Waals surface area contributed by atoms with E-state index < -0.39 is 22.0 Å². The maximum absolute atomic E-state index is 12.7. The van der Waals surface area contributed by atoms with Crippen LogP contribution in [0.1, 0.15) is 25.0 Å². The molecule has 0 bridgehead atoms. The van der Waals surface area contributed by atoms with E-state index in [1.54, 1.807) is 37.3 Å². The Kier molecular flexibility index (Phi) is 6.31. The minimum absolute atomic E-state index is 0.416. The van der Waals surface area contributed by atoms with Gasteiger partial charge in [0.25, 0.3) is 0 Å². The molecule has 0 heterocycles. The van der Waals surface area contributed by atoms with Gasteiger partial charge in [-0.2, -0.15) is 0 Å². The summed E-state index contributed by atoms with van der Waals surface area (Å²) in [5.41, 5.74) is 2.95. The van der Waals surface area contributed by atoms with Crippen LogP contribution in [0.25, 0.3) is 0 Å². The molecular weight excluding hydrogens is 372 g/mol. The van der Waals surface area contributed by atoms with E-state index in [-0.39, 0.29) is 0 Å².